The van der Waals surface area contributed by atoms with Gasteiger partial charge in [-0.3, -0.25) is 9.35 Å². The number of carbonyl (C=O) groups is 1. The number of carbonyl (C=O) groups excluding carboxylic acids is 1. The van der Waals surface area contributed by atoms with Gasteiger partial charge < -0.3 is 10.4 Å². The van der Waals surface area contributed by atoms with Crippen LogP contribution in [0.25, 0.3) is 0 Å². The molecule has 1 unspecified atom stereocenters. The monoisotopic (exact) mass is 307 g/mol. The Kier molecular flexibility index (Phi) is 4.08. The van der Waals surface area contributed by atoms with Gasteiger partial charge in [-0.25, -0.2) is 0 Å². The maximum absolute atomic E-state index is 12.2. The Hall–Kier alpha value is -2.22. The third kappa shape index (κ3) is 2.94. The second-order valence-electron chi connectivity index (χ2n) is 4.31. The molecule has 2 aromatic rings. The van der Waals surface area contributed by atoms with Gasteiger partial charge in [-0.2, -0.15) is 8.42 Å². The van der Waals surface area contributed by atoms with Crippen LogP contribution in [0.15, 0.2) is 60.7 Å². The molecule has 0 bridgehead atoms. The van der Waals surface area contributed by atoms with Crippen molar-refractivity contribution in [2.24, 2.45) is 0 Å². The lowest BCUT2D eigenvalue weighted by Crippen LogP contribution is -2.46. The molecule has 0 saturated carbocycles. The van der Waals surface area contributed by atoms with Crippen molar-refractivity contribution in [3.8, 4) is 0 Å². The minimum atomic E-state index is -5.09. The van der Waals surface area contributed by atoms with Gasteiger partial charge in [0.05, 0.1) is 0 Å². The summed E-state index contributed by atoms with van der Waals surface area (Å²) in [5, 5.41) is 12.6. The predicted octanol–water partition coefficient (Wildman–Crippen LogP) is 1.36. The first-order chi connectivity index (χ1) is 9.85. The topological polar surface area (TPSA) is 104 Å². The van der Waals surface area contributed by atoms with Crippen molar-refractivity contribution in [1.29, 1.82) is 0 Å². The van der Waals surface area contributed by atoms with Crippen molar-refractivity contribution < 1.29 is 22.9 Å². The molecule has 2 rings (SSSR count). The fourth-order valence-corrected chi connectivity index (χ4v) is 2.52. The van der Waals surface area contributed by atoms with Gasteiger partial charge in [0.1, 0.15) is 0 Å². The van der Waals surface area contributed by atoms with Gasteiger partial charge in [-0.15, -0.1) is 0 Å². The van der Waals surface area contributed by atoms with Gasteiger partial charge in [0.15, 0.2) is 0 Å². The van der Waals surface area contributed by atoms with E-state index in [9.17, 15) is 22.9 Å². The van der Waals surface area contributed by atoms with Crippen molar-refractivity contribution in [3.05, 3.63) is 66.2 Å². The molecule has 1 atom stereocenters. The Morgan fingerprint density at radius 3 is 1.90 bits per heavy atom. The van der Waals surface area contributed by atoms with Gasteiger partial charge in [0.25, 0.3) is 10.8 Å². The highest BCUT2D eigenvalue weighted by Crippen LogP contribution is 2.28. The maximum atomic E-state index is 12.2. The number of benzene rings is 2. The second-order valence-corrected chi connectivity index (χ2v) is 5.85. The summed E-state index contributed by atoms with van der Waals surface area (Å²) in [6, 6.07) is 15.0. The lowest BCUT2D eigenvalue weighted by Gasteiger charge is -2.24. The average molecular weight is 307 g/mol. The summed E-state index contributed by atoms with van der Waals surface area (Å²) >= 11 is 0. The second kappa shape index (κ2) is 5.65. The molecule has 3 N–H and O–H groups in total. The molecule has 0 heterocycles. The van der Waals surface area contributed by atoms with E-state index < -0.39 is 21.0 Å². The van der Waals surface area contributed by atoms with Gasteiger partial charge in [0.2, 0.25) is 0 Å². The molecule has 0 aromatic heterocycles. The van der Waals surface area contributed by atoms with E-state index in [-0.39, 0.29) is 5.56 Å². The maximum Gasteiger partial charge on any atom is 0.309 e. The van der Waals surface area contributed by atoms with Crippen molar-refractivity contribution in [2.45, 2.75) is 4.93 Å². The standard InChI is InChI=1S/C14H13NO5S/c16-13(15-12-9-5-2-6-10-12)14(17,21(18,19)20)11-7-3-1-4-8-11/h1-10,17H,(H,15,16)(H,18,19,20). The van der Waals surface area contributed by atoms with Crippen LogP contribution in [0, 0.1) is 0 Å². The minimum absolute atomic E-state index is 0.249. The summed E-state index contributed by atoms with van der Waals surface area (Å²) < 4.78 is 32.4. The largest absolute Gasteiger partial charge is 0.362 e. The lowest BCUT2D eigenvalue weighted by atomic mass is 10.1. The zero-order valence-electron chi connectivity index (χ0n) is 10.8. The normalized spacial score (nSPS) is 14.2. The number of nitrogens with one attached hydrogen (secondary N) is 1. The first kappa shape index (κ1) is 15.2. The van der Waals surface area contributed by atoms with E-state index in [1.807, 2.05) is 0 Å². The van der Waals surface area contributed by atoms with Crippen LogP contribution < -0.4 is 5.32 Å². The minimum Gasteiger partial charge on any atom is -0.362 e. The van der Waals surface area contributed by atoms with Crippen LogP contribution in [-0.2, 0) is 19.8 Å². The zero-order valence-corrected chi connectivity index (χ0v) is 11.6. The Morgan fingerprint density at radius 2 is 1.43 bits per heavy atom. The molecule has 0 saturated heterocycles. The molecular weight excluding hydrogens is 294 g/mol. The molecule has 0 fully saturated rings. The van der Waals surface area contributed by atoms with E-state index >= 15 is 0 Å². The van der Waals surface area contributed by atoms with E-state index in [4.69, 9.17) is 0 Å². The van der Waals surface area contributed by atoms with Crippen LogP contribution in [0.5, 0.6) is 0 Å². The summed E-state index contributed by atoms with van der Waals surface area (Å²) in [7, 11) is -5.09. The molecule has 21 heavy (non-hydrogen) atoms. The zero-order chi connectivity index (χ0) is 15.5. The molecule has 0 aliphatic carbocycles. The van der Waals surface area contributed by atoms with Crippen LogP contribution in [0.1, 0.15) is 5.56 Å². The highest BCUT2D eigenvalue weighted by atomic mass is 32.2. The van der Waals surface area contributed by atoms with Crippen molar-refractivity contribution >= 4 is 21.7 Å². The van der Waals surface area contributed by atoms with Gasteiger partial charge >= 0.3 is 10.1 Å². The Morgan fingerprint density at radius 1 is 0.952 bits per heavy atom. The highest BCUT2D eigenvalue weighted by molar-refractivity contribution is 7.87. The molecule has 0 radical (unpaired) electrons. The van der Waals surface area contributed by atoms with Crippen LogP contribution in [-0.4, -0.2) is 24.0 Å². The Labute approximate surface area is 121 Å². The summed E-state index contributed by atoms with van der Waals surface area (Å²) in [5.74, 6) is -1.26. The lowest BCUT2D eigenvalue weighted by molar-refractivity contribution is -0.127. The summed E-state index contributed by atoms with van der Waals surface area (Å²) in [6.07, 6.45) is 0. The fourth-order valence-electron chi connectivity index (χ4n) is 1.80. The average Bonchev–Trinajstić information content (AvgIpc) is 2.47. The molecule has 6 nitrogen and oxygen atoms in total. The number of hydrogen-bond donors (Lipinski definition) is 3. The fraction of sp³-hybridized carbons (Fsp3) is 0.0714. The molecule has 0 aliphatic heterocycles. The van der Waals surface area contributed by atoms with Gasteiger partial charge in [-0.05, 0) is 12.1 Å². The molecule has 0 spiro atoms. The van der Waals surface area contributed by atoms with Crippen molar-refractivity contribution in [1.82, 2.24) is 0 Å². The van der Waals surface area contributed by atoms with E-state index in [1.165, 1.54) is 36.4 Å². The van der Waals surface area contributed by atoms with Crippen molar-refractivity contribution in [3.63, 3.8) is 0 Å². The third-order valence-corrected chi connectivity index (χ3v) is 4.05. The summed E-state index contributed by atoms with van der Waals surface area (Å²) in [6.45, 7) is 0. The van der Waals surface area contributed by atoms with Crippen LogP contribution in [0.4, 0.5) is 5.69 Å². The number of aliphatic hydroxyl groups is 1. The molecule has 110 valence electrons. The summed E-state index contributed by atoms with van der Waals surface area (Å²) in [5.41, 5.74) is 0.0430. The van der Waals surface area contributed by atoms with Crippen molar-refractivity contribution in [2.75, 3.05) is 5.32 Å². The number of amides is 1. The van der Waals surface area contributed by atoms with E-state index in [1.54, 1.807) is 24.3 Å². The first-order valence-corrected chi connectivity index (χ1v) is 7.41. The Balaban J connectivity index is 2.45. The number of para-hydroxylation sites is 1. The SMILES string of the molecule is O=C(Nc1ccccc1)C(O)(c1ccccc1)S(=O)(=O)O. The quantitative estimate of drug-likeness (QED) is 0.740. The van der Waals surface area contributed by atoms with Crippen LogP contribution in [0.2, 0.25) is 0 Å². The molecule has 0 aliphatic rings. The molecular formula is C14H13NO5S. The molecule has 1 amide bonds. The van der Waals surface area contributed by atoms with E-state index in [0.29, 0.717) is 5.69 Å². The predicted molar refractivity (Wildman–Crippen MR) is 77.0 cm³/mol. The van der Waals surface area contributed by atoms with Gasteiger partial charge in [0, 0.05) is 11.3 Å². The number of rotatable bonds is 4. The number of hydrogen-bond acceptors (Lipinski definition) is 4. The first-order valence-electron chi connectivity index (χ1n) is 5.97. The smallest absolute Gasteiger partial charge is 0.309 e. The van der Waals surface area contributed by atoms with E-state index in [2.05, 4.69) is 5.32 Å². The molecule has 2 aromatic carbocycles. The van der Waals surface area contributed by atoms with Crippen LogP contribution in [0.3, 0.4) is 0 Å². The number of anilines is 1. The highest BCUT2D eigenvalue weighted by Gasteiger charge is 2.50. The Bertz CT molecular complexity index is 730. The van der Waals surface area contributed by atoms with Gasteiger partial charge in [-0.1, -0.05) is 48.5 Å². The van der Waals surface area contributed by atoms with E-state index in [0.717, 1.165) is 0 Å². The third-order valence-electron chi connectivity index (χ3n) is 2.88. The molecule has 7 heteroatoms. The van der Waals surface area contributed by atoms with Crippen LogP contribution >= 0.6 is 0 Å². The summed E-state index contributed by atoms with van der Waals surface area (Å²) in [4.78, 5) is 9.10.